The fourth-order valence-electron chi connectivity index (χ4n) is 1.48. The van der Waals surface area contributed by atoms with E-state index in [1.165, 1.54) is 12.1 Å². The molecule has 8 heteroatoms. The molecule has 0 saturated carbocycles. The number of hydrogen-bond donors (Lipinski definition) is 2. The van der Waals surface area contributed by atoms with Crippen LogP contribution in [0.25, 0.3) is 0 Å². The number of pyridine rings is 1. The summed E-state index contributed by atoms with van der Waals surface area (Å²) in [5.41, 5.74) is 0.0636. The van der Waals surface area contributed by atoms with Crippen molar-refractivity contribution in [2.75, 3.05) is 11.9 Å². The van der Waals surface area contributed by atoms with Gasteiger partial charge in [0.1, 0.15) is 16.5 Å². The van der Waals surface area contributed by atoms with Gasteiger partial charge in [-0.25, -0.2) is 9.78 Å². The molecule has 0 spiro atoms. The number of nitrogens with zero attached hydrogens (tertiary/aromatic N) is 3. The van der Waals surface area contributed by atoms with Crippen molar-refractivity contribution in [2.24, 2.45) is 0 Å². The Bertz CT molecular complexity index is 599. The van der Waals surface area contributed by atoms with Crippen molar-refractivity contribution in [2.45, 2.75) is 13.3 Å². The average molecular weight is 283 g/mol. The SMILES string of the molecule is Cc1nc(CCNc2nc(Cl)ccc2C(=O)O)no1. The summed E-state index contributed by atoms with van der Waals surface area (Å²) in [5.74, 6) is 0.188. The second-order valence-corrected chi connectivity index (χ2v) is 4.13. The van der Waals surface area contributed by atoms with E-state index < -0.39 is 5.97 Å². The van der Waals surface area contributed by atoms with Crippen molar-refractivity contribution in [1.82, 2.24) is 15.1 Å². The summed E-state index contributed by atoms with van der Waals surface area (Å²) in [7, 11) is 0. The number of rotatable bonds is 5. The topological polar surface area (TPSA) is 101 Å². The largest absolute Gasteiger partial charge is 0.478 e. The summed E-state index contributed by atoms with van der Waals surface area (Å²) < 4.78 is 4.83. The van der Waals surface area contributed by atoms with Crippen molar-refractivity contribution in [3.8, 4) is 0 Å². The quantitative estimate of drug-likeness (QED) is 0.806. The molecule has 0 aliphatic rings. The van der Waals surface area contributed by atoms with Crippen LogP contribution in [0.15, 0.2) is 16.7 Å². The molecule has 2 aromatic heterocycles. The third kappa shape index (κ3) is 3.41. The van der Waals surface area contributed by atoms with Gasteiger partial charge in [-0.05, 0) is 12.1 Å². The second kappa shape index (κ2) is 5.66. The first-order valence-electron chi connectivity index (χ1n) is 5.49. The number of hydrogen-bond acceptors (Lipinski definition) is 6. The molecular weight excluding hydrogens is 272 g/mol. The summed E-state index contributed by atoms with van der Waals surface area (Å²) in [6, 6.07) is 2.83. The first-order valence-corrected chi connectivity index (χ1v) is 5.87. The molecule has 2 heterocycles. The van der Waals surface area contributed by atoms with Gasteiger partial charge in [-0.3, -0.25) is 0 Å². The lowest BCUT2D eigenvalue weighted by Crippen LogP contribution is -2.11. The fraction of sp³-hybridized carbons (Fsp3) is 0.273. The maximum atomic E-state index is 11.0. The highest BCUT2D eigenvalue weighted by Gasteiger charge is 2.12. The van der Waals surface area contributed by atoms with Gasteiger partial charge >= 0.3 is 5.97 Å². The summed E-state index contributed by atoms with van der Waals surface area (Å²) >= 11 is 5.74. The number of halogens is 1. The molecule has 2 rings (SSSR count). The number of anilines is 1. The van der Waals surface area contributed by atoms with Crippen LogP contribution in [-0.4, -0.2) is 32.7 Å². The van der Waals surface area contributed by atoms with Crippen LogP contribution in [0.5, 0.6) is 0 Å². The summed E-state index contributed by atoms with van der Waals surface area (Å²) in [6.45, 7) is 2.12. The molecule has 0 fully saturated rings. The van der Waals surface area contributed by atoms with Crippen LogP contribution in [0, 0.1) is 6.92 Å². The van der Waals surface area contributed by atoms with E-state index in [0.717, 1.165) is 0 Å². The van der Waals surface area contributed by atoms with E-state index in [9.17, 15) is 4.79 Å². The van der Waals surface area contributed by atoms with Crippen LogP contribution in [0.3, 0.4) is 0 Å². The highest BCUT2D eigenvalue weighted by Crippen LogP contribution is 2.16. The van der Waals surface area contributed by atoms with Crippen LogP contribution in [0.2, 0.25) is 5.15 Å². The molecule has 0 radical (unpaired) electrons. The number of carboxylic acids is 1. The lowest BCUT2D eigenvalue weighted by molar-refractivity contribution is 0.0697. The molecule has 0 atom stereocenters. The molecule has 0 aliphatic carbocycles. The van der Waals surface area contributed by atoms with E-state index in [-0.39, 0.29) is 16.5 Å². The van der Waals surface area contributed by atoms with Crippen molar-refractivity contribution >= 4 is 23.4 Å². The third-order valence-corrected chi connectivity index (χ3v) is 2.51. The summed E-state index contributed by atoms with van der Waals surface area (Å²) in [5, 5.41) is 15.9. The van der Waals surface area contributed by atoms with Crippen LogP contribution in [0.1, 0.15) is 22.1 Å². The Kier molecular flexibility index (Phi) is 3.96. The van der Waals surface area contributed by atoms with Crippen molar-refractivity contribution in [1.29, 1.82) is 0 Å². The lowest BCUT2D eigenvalue weighted by Gasteiger charge is -2.07. The Labute approximate surface area is 113 Å². The second-order valence-electron chi connectivity index (χ2n) is 3.74. The minimum Gasteiger partial charge on any atom is -0.478 e. The van der Waals surface area contributed by atoms with Crippen LogP contribution in [0.4, 0.5) is 5.82 Å². The number of nitrogens with one attached hydrogen (secondary N) is 1. The van der Waals surface area contributed by atoms with Gasteiger partial charge in [0.15, 0.2) is 5.82 Å². The van der Waals surface area contributed by atoms with Crippen molar-refractivity contribution in [3.05, 3.63) is 34.6 Å². The molecule has 0 bridgehead atoms. The molecule has 2 N–H and O–H groups in total. The smallest absolute Gasteiger partial charge is 0.339 e. The number of aryl methyl sites for hydroxylation is 1. The lowest BCUT2D eigenvalue weighted by atomic mass is 10.2. The zero-order chi connectivity index (χ0) is 13.8. The standard InChI is InChI=1S/C11H11ClN4O3/c1-6-14-9(16-19-6)4-5-13-10-7(11(17)18)2-3-8(12)15-10/h2-3H,4-5H2,1H3,(H,13,15)(H,17,18). The average Bonchev–Trinajstić information content (AvgIpc) is 2.75. The molecule has 0 unspecified atom stereocenters. The van der Waals surface area contributed by atoms with Gasteiger partial charge in [-0.1, -0.05) is 16.8 Å². The number of aromatic carboxylic acids is 1. The first kappa shape index (κ1) is 13.3. The van der Waals surface area contributed by atoms with E-state index in [2.05, 4.69) is 20.4 Å². The minimum atomic E-state index is -1.07. The summed E-state index contributed by atoms with van der Waals surface area (Å²) in [6.07, 6.45) is 0.491. The van der Waals surface area contributed by atoms with E-state index >= 15 is 0 Å². The van der Waals surface area contributed by atoms with Crippen LogP contribution < -0.4 is 5.32 Å². The van der Waals surface area contributed by atoms with E-state index in [1.54, 1.807) is 6.92 Å². The molecule has 19 heavy (non-hydrogen) atoms. The normalized spacial score (nSPS) is 10.4. The molecular formula is C11H11ClN4O3. The van der Waals surface area contributed by atoms with Gasteiger partial charge in [0.05, 0.1) is 0 Å². The summed E-state index contributed by atoms with van der Waals surface area (Å²) in [4.78, 5) is 19.0. The predicted octanol–water partition coefficient (Wildman–Crippen LogP) is 1.78. The maximum Gasteiger partial charge on any atom is 0.339 e. The van der Waals surface area contributed by atoms with Gasteiger partial charge in [0.25, 0.3) is 0 Å². The molecule has 7 nitrogen and oxygen atoms in total. The maximum absolute atomic E-state index is 11.0. The van der Waals surface area contributed by atoms with Crippen molar-refractivity contribution in [3.63, 3.8) is 0 Å². The Hall–Kier alpha value is -2.15. The highest BCUT2D eigenvalue weighted by atomic mass is 35.5. The van der Waals surface area contributed by atoms with Gasteiger partial charge < -0.3 is 14.9 Å². The number of carboxylic acid groups (broad SMARTS) is 1. The Balaban J connectivity index is 2.02. The zero-order valence-corrected chi connectivity index (χ0v) is 10.8. The van der Waals surface area contributed by atoms with Gasteiger partial charge in [0, 0.05) is 19.9 Å². The Morgan fingerprint density at radius 2 is 2.26 bits per heavy atom. The molecule has 0 saturated heterocycles. The molecule has 0 aromatic carbocycles. The third-order valence-electron chi connectivity index (χ3n) is 2.30. The number of aromatic nitrogens is 3. The monoisotopic (exact) mass is 282 g/mol. The van der Waals surface area contributed by atoms with Gasteiger partial charge in [-0.15, -0.1) is 0 Å². The highest BCUT2D eigenvalue weighted by molar-refractivity contribution is 6.29. The molecule has 0 aliphatic heterocycles. The van der Waals surface area contributed by atoms with E-state index in [1.807, 2.05) is 0 Å². The Morgan fingerprint density at radius 3 is 2.89 bits per heavy atom. The minimum absolute atomic E-state index is 0.0636. The Morgan fingerprint density at radius 1 is 1.47 bits per heavy atom. The van der Waals surface area contributed by atoms with Crippen LogP contribution >= 0.6 is 11.6 Å². The molecule has 2 aromatic rings. The van der Waals surface area contributed by atoms with Gasteiger partial charge in [0.2, 0.25) is 5.89 Å². The molecule has 0 amide bonds. The first-order chi connectivity index (χ1) is 9.06. The number of carbonyl (C=O) groups is 1. The predicted molar refractivity (Wildman–Crippen MR) is 67.4 cm³/mol. The fourth-order valence-corrected chi connectivity index (χ4v) is 1.63. The molecule has 100 valence electrons. The zero-order valence-electron chi connectivity index (χ0n) is 10.1. The van der Waals surface area contributed by atoms with Crippen LogP contribution in [-0.2, 0) is 6.42 Å². The van der Waals surface area contributed by atoms with Crippen molar-refractivity contribution < 1.29 is 14.4 Å². The van der Waals surface area contributed by atoms with Gasteiger partial charge in [-0.2, -0.15) is 4.98 Å². The van der Waals surface area contributed by atoms with E-state index in [4.69, 9.17) is 21.2 Å². The van der Waals surface area contributed by atoms with E-state index in [0.29, 0.717) is 24.7 Å².